The third-order valence-corrected chi connectivity index (χ3v) is 3.81. The summed E-state index contributed by atoms with van der Waals surface area (Å²) in [5, 5.41) is 0. The molecular weight excluding hydrogens is 304 g/mol. The number of benzene rings is 1. The number of rotatable bonds is 8. The summed E-state index contributed by atoms with van der Waals surface area (Å²) in [5.74, 6) is 1.31. The molecule has 0 fully saturated rings. The van der Waals surface area contributed by atoms with Crippen molar-refractivity contribution in [1.82, 2.24) is 9.88 Å². The van der Waals surface area contributed by atoms with Crippen LogP contribution in [-0.4, -0.2) is 42.1 Å². The molecule has 24 heavy (non-hydrogen) atoms. The highest BCUT2D eigenvalue weighted by atomic mass is 16.5. The second-order valence-corrected chi connectivity index (χ2v) is 5.46. The molecule has 1 unspecified atom stereocenters. The van der Waals surface area contributed by atoms with Crippen LogP contribution in [0.2, 0.25) is 0 Å². The first-order valence-electron chi connectivity index (χ1n) is 8.12. The number of ether oxygens (including phenoxy) is 2. The summed E-state index contributed by atoms with van der Waals surface area (Å²) in [6.07, 6.45) is 3.78. The maximum Gasteiger partial charge on any atom is 0.263 e. The molecule has 1 atom stereocenters. The van der Waals surface area contributed by atoms with Gasteiger partial charge >= 0.3 is 0 Å². The summed E-state index contributed by atoms with van der Waals surface area (Å²) in [4.78, 5) is 18.4. The monoisotopic (exact) mass is 328 g/mol. The Morgan fingerprint density at radius 1 is 1.21 bits per heavy atom. The van der Waals surface area contributed by atoms with Gasteiger partial charge in [-0.2, -0.15) is 0 Å². The van der Waals surface area contributed by atoms with Crippen molar-refractivity contribution in [2.45, 2.75) is 26.4 Å². The highest BCUT2D eigenvalue weighted by Gasteiger charge is 2.21. The lowest BCUT2D eigenvalue weighted by Gasteiger charge is -2.25. The minimum absolute atomic E-state index is 0.0191. The summed E-state index contributed by atoms with van der Waals surface area (Å²) < 4.78 is 10.9. The van der Waals surface area contributed by atoms with Crippen LogP contribution >= 0.6 is 0 Å². The van der Waals surface area contributed by atoms with Gasteiger partial charge in [0.15, 0.2) is 6.10 Å². The average Bonchev–Trinajstić information content (AvgIpc) is 2.63. The van der Waals surface area contributed by atoms with Crippen molar-refractivity contribution in [3.05, 3.63) is 54.4 Å². The highest BCUT2D eigenvalue weighted by molar-refractivity contribution is 5.80. The van der Waals surface area contributed by atoms with Crippen molar-refractivity contribution in [2.24, 2.45) is 0 Å². The molecule has 0 aliphatic rings. The van der Waals surface area contributed by atoms with E-state index in [1.165, 1.54) is 0 Å². The molecule has 1 aromatic carbocycles. The van der Waals surface area contributed by atoms with E-state index < -0.39 is 6.10 Å². The molecule has 5 heteroatoms. The van der Waals surface area contributed by atoms with Gasteiger partial charge < -0.3 is 14.4 Å². The second-order valence-electron chi connectivity index (χ2n) is 5.46. The number of aromatic nitrogens is 1. The van der Waals surface area contributed by atoms with E-state index in [0.717, 1.165) is 12.0 Å². The number of nitrogens with zero attached hydrogens (tertiary/aromatic N) is 2. The molecule has 0 N–H and O–H groups in total. The van der Waals surface area contributed by atoms with Gasteiger partial charge in [-0.1, -0.05) is 6.07 Å². The van der Waals surface area contributed by atoms with Gasteiger partial charge in [-0.15, -0.1) is 0 Å². The molecular formula is C19H24N2O3. The largest absolute Gasteiger partial charge is 0.497 e. The molecule has 1 heterocycles. The Morgan fingerprint density at radius 3 is 2.58 bits per heavy atom. The fourth-order valence-electron chi connectivity index (χ4n) is 2.42. The zero-order valence-electron chi connectivity index (χ0n) is 14.4. The Labute approximate surface area is 143 Å². The number of carbonyl (C=O) groups excluding carboxylic acids is 1. The first-order valence-corrected chi connectivity index (χ1v) is 8.12. The highest BCUT2D eigenvalue weighted by Crippen LogP contribution is 2.20. The predicted molar refractivity (Wildman–Crippen MR) is 93.3 cm³/mol. The zero-order valence-corrected chi connectivity index (χ0v) is 14.4. The fourth-order valence-corrected chi connectivity index (χ4v) is 2.42. The topological polar surface area (TPSA) is 51.7 Å². The number of hydrogen-bond acceptors (Lipinski definition) is 4. The molecule has 0 aliphatic carbocycles. The van der Waals surface area contributed by atoms with Crippen LogP contribution < -0.4 is 9.47 Å². The summed E-state index contributed by atoms with van der Waals surface area (Å²) in [7, 11) is 1.60. The van der Waals surface area contributed by atoms with Crippen LogP contribution in [0.3, 0.4) is 0 Å². The Hall–Kier alpha value is -2.56. The second kappa shape index (κ2) is 8.91. The van der Waals surface area contributed by atoms with Gasteiger partial charge in [0.25, 0.3) is 5.91 Å². The maximum absolute atomic E-state index is 12.6. The molecule has 2 rings (SSSR count). The summed E-state index contributed by atoms with van der Waals surface area (Å²) >= 11 is 0. The first-order chi connectivity index (χ1) is 11.6. The van der Waals surface area contributed by atoms with Crippen molar-refractivity contribution in [1.29, 1.82) is 0 Å². The number of carbonyl (C=O) groups is 1. The molecule has 0 bridgehead atoms. The Bertz CT molecular complexity index is 646. The van der Waals surface area contributed by atoms with Gasteiger partial charge in [-0.25, -0.2) is 0 Å². The minimum Gasteiger partial charge on any atom is -0.497 e. The van der Waals surface area contributed by atoms with Crippen molar-refractivity contribution in [2.75, 3.05) is 20.2 Å². The third-order valence-electron chi connectivity index (χ3n) is 3.81. The Morgan fingerprint density at radius 2 is 1.92 bits per heavy atom. The van der Waals surface area contributed by atoms with Gasteiger partial charge in [-0.05, 0) is 50.1 Å². The standard InChI is InChI=1S/C19H24N2O3/c1-4-21(13-10-16-8-11-20-12-9-16)19(22)15(2)24-18-7-5-6-17(14-18)23-3/h5-9,11-12,14-15H,4,10,13H2,1-3H3. The Kier molecular flexibility index (Phi) is 6.61. The van der Waals surface area contributed by atoms with Crippen LogP contribution in [0.5, 0.6) is 11.5 Å². The van der Waals surface area contributed by atoms with E-state index in [4.69, 9.17) is 9.47 Å². The number of pyridine rings is 1. The average molecular weight is 328 g/mol. The van der Waals surface area contributed by atoms with Crippen LogP contribution in [0.15, 0.2) is 48.8 Å². The molecule has 128 valence electrons. The number of likely N-dealkylation sites (N-methyl/N-ethyl adjacent to an activating group) is 1. The Balaban J connectivity index is 1.93. The molecule has 0 spiro atoms. The smallest absolute Gasteiger partial charge is 0.263 e. The number of amides is 1. The molecule has 0 saturated heterocycles. The summed E-state index contributed by atoms with van der Waals surface area (Å²) in [6.45, 7) is 5.06. The lowest BCUT2D eigenvalue weighted by molar-refractivity contribution is -0.137. The van der Waals surface area contributed by atoms with E-state index in [0.29, 0.717) is 24.6 Å². The normalized spacial score (nSPS) is 11.6. The van der Waals surface area contributed by atoms with E-state index in [1.54, 1.807) is 32.5 Å². The molecule has 0 radical (unpaired) electrons. The van der Waals surface area contributed by atoms with Gasteiger partial charge in [0.05, 0.1) is 7.11 Å². The van der Waals surface area contributed by atoms with Gasteiger partial charge in [0.1, 0.15) is 11.5 Å². The van der Waals surface area contributed by atoms with Crippen molar-refractivity contribution < 1.29 is 14.3 Å². The molecule has 0 aliphatic heterocycles. The van der Waals surface area contributed by atoms with Crippen molar-refractivity contribution >= 4 is 5.91 Å². The minimum atomic E-state index is -0.547. The predicted octanol–water partition coefficient (Wildman–Crippen LogP) is 2.95. The molecule has 0 saturated carbocycles. The molecule has 2 aromatic rings. The van der Waals surface area contributed by atoms with Crippen LogP contribution in [0.1, 0.15) is 19.4 Å². The first kappa shape index (κ1) is 17.8. The van der Waals surface area contributed by atoms with E-state index >= 15 is 0 Å². The lowest BCUT2D eigenvalue weighted by atomic mass is 10.2. The van der Waals surface area contributed by atoms with Crippen LogP contribution in [0.4, 0.5) is 0 Å². The van der Waals surface area contributed by atoms with Crippen molar-refractivity contribution in [3.63, 3.8) is 0 Å². The summed E-state index contributed by atoms with van der Waals surface area (Å²) in [6, 6.07) is 11.2. The van der Waals surface area contributed by atoms with Crippen LogP contribution in [0, 0.1) is 0 Å². The van der Waals surface area contributed by atoms with Crippen molar-refractivity contribution in [3.8, 4) is 11.5 Å². The van der Waals surface area contributed by atoms with E-state index in [1.807, 2.05) is 42.2 Å². The lowest BCUT2D eigenvalue weighted by Crippen LogP contribution is -2.41. The zero-order chi connectivity index (χ0) is 17.4. The SMILES string of the molecule is CCN(CCc1ccncc1)C(=O)C(C)Oc1cccc(OC)c1. The van der Waals surface area contributed by atoms with E-state index in [9.17, 15) is 4.79 Å². The van der Waals surface area contributed by atoms with Crippen LogP contribution in [-0.2, 0) is 11.2 Å². The van der Waals surface area contributed by atoms with Crippen LogP contribution in [0.25, 0.3) is 0 Å². The van der Waals surface area contributed by atoms with E-state index in [2.05, 4.69) is 4.98 Å². The molecule has 1 aromatic heterocycles. The fraction of sp³-hybridized carbons (Fsp3) is 0.368. The van der Waals surface area contributed by atoms with E-state index in [-0.39, 0.29) is 5.91 Å². The number of hydrogen-bond donors (Lipinski definition) is 0. The third kappa shape index (κ3) is 4.98. The van der Waals surface area contributed by atoms with Gasteiger partial charge in [0.2, 0.25) is 0 Å². The maximum atomic E-state index is 12.6. The summed E-state index contributed by atoms with van der Waals surface area (Å²) in [5.41, 5.74) is 1.16. The van der Waals surface area contributed by atoms with Gasteiger partial charge in [-0.3, -0.25) is 9.78 Å². The quantitative estimate of drug-likeness (QED) is 0.747. The molecule has 1 amide bonds. The van der Waals surface area contributed by atoms with Gasteiger partial charge in [0, 0.05) is 31.5 Å². The molecule has 5 nitrogen and oxygen atoms in total. The number of methoxy groups -OCH3 is 1.